The summed E-state index contributed by atoms with van der Waals surface area (Å²) in [5, 5.41) is 7.11. The molecule has 1 N–H and O–H groups in total. The van der Waals surface area contributed by atoms with Crippen LogP contribution < -0.4 is 5.32 Å². The van der Waals surface area contributed by atoms with Gasteiger partial charge in [0.1, 0.15) is 12.0 Å². The van der Waals surface area contributed by atoms with Crippen LogP contribution >= 0.6 is 0 Å². The molecule has 1 aromatic carbocycles. The molecule has 0 aliphatic carbocycles. The Morgan fingerprint density at radius 1 is 1.27 bits per heavy atom. The summed E-state index contributed by atoms with van der Waals surface area (Å²) in [6.45, 7) is 2.35. The lowest BCUT2D eigenvalue weighted by Gasteiger charge is -2.03. The SMILES string of the molecule is Cc1cc(CNC(=O)c2cn(-c3ccccc3)cn2)n(C)n1. The highest BCUT2D eigenvalue weighted by molar-refractivity contribution is 5.92. The Hall–Kier alpha value is -2.89. The number of nitrogens with zero attached hydrogens (tertiary/aromatic N) is 4. The average molecular weight is 295 g/mol. The highest BCUT2D eigenvalue weighted by Gasteiger charge is 2.11. The van der Waals surface area contributed by atoms with E-state index in [1.165, 1.54) is 0 Å². The molecule has 0 saturated carbocycles. The van der Waals surface area contributed by atoms with Crippen molar-refractivity contribution in [2.75, 3.05) is 0 Å². The van der Waals surface area contributed by atoms with E-state index in [0.29, 0.717) is 12.2 Å². The smallest absolute Gasteiger partial charge is 0.271 e. The van der Waals surface area contributed by atoms with Gasteiger partial charge in [-0.25, -0.2) is 4.98 Å². The lowest BCUT2D eigenvalue weighted by Crippen LogP contribution is -2.24. The Morgan fingerprint density at radius 3 is 2.73 bits per heavy atom. The highest BCUT2D eigenvalue weighted by Crippen LogP contribution is 2.08. The largest absolute Gasteiger partial charge is 0.345 e. The first kappa shape index (κ1) is 14.1. The van der Waals surface area contributed by atoms with Gasteiger partial charge in [0.15, 0.2) is 0 Å². The van der Waals surface area contributed by atoms with E-state index in [1.807, 2.05) is 54.9 Å². The predicted octanol–water partition coefficient (Wildman–Crippen LogP) is 1.84. The van der Waals surface area contributed by atoms with E-state index in [0.717, 1.165) is 17.1 Å². The van der Waals surface area contributed by atoms with Crippen LogP contribution in [0.15, 0.2) is 48.9 Å². The normalized spacial score (nSPS) is 10.6. The van der Waals surface area contributed by atoms with E-state index in [9.17, 15) is 4.79 Å². The first-order chi connectivity index (χ1) is 10.6. The number of rotatable bonds is 4. The molecule has 0 fully saturated rings. The van der Waals surface area contributed by atoms with Crippen LogP contribution in [0.1, 0.15) is 21.9 Å². The molecule has 112 valence electrons. The molecule has 3 rings (SSSR count). The second-order valence-corrected chi connectivity index (χ2v) is 5.09. The Bertz CT molecular complexity index is 788. The minimum absolute atomic E-state index is 0.200. The van der Waals surface area contributed by atoms with Crippen molar-refractivity contribution in [2.24, 2.45) is 7.05 Å². The summed E-state index contributed by atoms with van der Waals surface area (Å²) in [6, 6.07) is 11.7. The van der Waals surface area contributed by atoms with E-state index in [-0.39, 0.29) is 5.91 Å². The van der Waals surface area contributed by atoms with Crippen LogP contribution in [0.5, 0.6) is 0 Å². The quantitative estimate of drug-likeness (QED) is 0.799. The maximum Gasteiger partial charge on any atom is 0.271 e. The monoisotopic (exact) mass is 295 g/mol. The third-order valence-electron chi connectivity index (χ3n) is 3.40. The number of aromatic nitrogens is 4. The first-order valence-electron chi connectivity index (χ1n) is 7.00. The summed E-state index contributed by atoms with van der Waals surface area (Å²) in [5.41, 5.74) is 3.24. The minimum Gasteiger partial charge on any atom is -0.345 e. The lowest BCUT2D eigenvalue weighted by molar-refractivity contribution is 0.0945. The number of amides is 1. The Morgan fingerprint density at radius 2 is 2.05 bits per heavy atom. The van der Waals surface area contributed by atoms with Gasteiger partial charge in [0.2, 0.25) is 0 Å². The number of imidazole rings is 1. The molecule has 2 aromatic heterocycles. The van der Waals surface area contributed by atoms with Crippen LogP contribution in [0.25, 0.3) is 5.69 Å². The Labute approximate surface area is 128 Å². The Kier molecular flexibility index (Phi) is 3.74. The molecule has 0 atom stereocenters. The van der Waals surface area contributed by atoms with Crippen LogP contribution in [-0.4, -0.2) is 25.2 Å². The third-order valence-corrected chi connectivity index (χ3v) is 3.40. The molecular weight excluding hydrogens is 278 g/mol. The van der Waals surface area contributed by atoms with Crippen LogP contribution in [0, 0.1) is 6.92 Å². The van der Waals surface area contributed by atoms with Gasteiger partial charge in [-0.1, -0.05) is 18.2 Å². The van der Waals surface area contributed by atoms with Crippen molar-refractivity contribution in [1.29, 1.82) is 0 Å². The zero-order valence-electron chi connectivity index (χ0n) is 12.5. The molecule has 0 aliphatic heterocycles. The van der Waals surface area contributed by atoms with Crippen molar-refractivity contribution in [3.63, 3.8) is 0 Å². The van der Waals surface area contributed by atoms with E-state index in [4.69, 9.17) is 0 Å². The molecule has 0 radical (unpaired) electrons. The number of para-hydroxylation sites is 1. The van der Waals surface area contributed by atoms with Gasteiger partial charge >= 0.3 is 0 Å². The third kappa shape index (κ3) is 2.90. The fraction of sp³-hybridized carbons (Fsp3) is 0.188. The van der Waals surface area contributed by atoms with Gasteiger partial charge in [-0.05, 0) is 25.1 Å². The number of carbonyl (C=O) groups excluding carboxylic acids is 1. The molecule has 0 saturated heterocycles. The molecule has 6 nitrogen and oxygen atoms in total. The minimum atomic E-state index is -0.200. The molecule has 0 aliphatic rings. The number of carbonyl (C=O) groups is 1. The van der Waals surface area contributed by atoms with Crippen molar-refractivity contribution >= 4 is 5.91 Å². The molecule has 0 bridgehead atoms. The summed E-state index contributed by atoms with van der Waals surface area (Å²) in [4.78, 5) is 16.3. The Balaban J connectivity index is 1.68. The van der Waals surface area contributed by atoms with Crippen LogP contribution in [0.4, 0.5) is 0 Å². The highest BCUT2D eigenvalue weighted by atomic mass is 16.1. The predicted molar refractivity (Wildman–Crippen MR) is 82.7 cm³/mol. The van der Waals surface area contributed by atoms with E-state index in [1.54, 1.807) is 17.2 Å². The molecule has 3 aromatic rings. The second-order valence-electron chi connectivity index (χ2n) is 5.09. The van der Waals surface area contributed by atoms with Crippen molar-refractivity contribution in [1.82, 2.24) is 24.6 Å². The van der Waals surface area contributed by atoms with Crippen LogP contribution in [-0.2, 0) is 13.6 Å². The molecule has 2 heterocycles. The zero-order chi connectivity index (χ0) is 15.5. The topological polar surface area (TPSA) is 64.7 Å². The number of aryl methyl sites for hydroxylation is 2. The molecule has 1 amide bonds. The maximum absolute atomic E-state index is 12.2. The van der Waals surface area contributed by atoms with Gasteiger partial charge in [-0.3, -0.25) is 9.48 Å². The summed E-state index contributed by atoms with van der Waals surface area (Å²) < 4.78 is 3.58. The van der Waals surface area contributed by atoms with Crippen molar-refractivity contribution in [3.8, 4) is 5.69 Å². The number of benzene rings is 1. The molecule has 6 heteroatoms. The van der Waals surface area contributed by atoms with Crippen molar-refractivity contribution in [2.45, 2.75) is 13.5 Å². The molecular formula is C16H17N5O. The van der Waals surface area contributed by atoms with Gasteiger partial charge in [0, 0.05) is 18.9 Å². The molecule has 0 unspecified atom stereocenters. The van der Waals surface area contributed by atoms with E-state index >= 15 is 0 Å². The number of hydrogen-bond acceptors (Lipinski definition) is 3. The lowest BCUT2D eigenvalue weighted by atomic mass is 10.3. The fourth-order valence-corrected chi connectivity index (χ4v) is 2.27. The van der Waals surface area contributed by atoms with E-state index in [2.05, 4.69) is 15.4 Å². The zero-order valence-corrected chi connectivity index (χ0v) is 12.5. The van der Waals surface area contributed by atoms with Gasteiger partial charge in [0.05, 0.1) is 17.9 Å². The van der Waals surface area contributed by atoms with Crippen molar-refractivity contribution < 1.29 is 4.79 Å². The van der Waals surface area contributed by atoms with E-state index < -0.39 is 0 Å². The summed E-state index contributed by atoms with van der Waals surface area (Å²) in [5.74, 6) is -0.200. The second kappa shape index (κ2) is 5.85. The molecule has 0 spiro atoms. The van der Waals surface area contributed by atoms with Crippen molar-refractivity contribution in [3.05, 3.63) is 66.0 Å². The van der Waals surface area contributed by atoms with Gasteiger partial charge in [0.25, 0.3) is 5.91 Å². The van der Waals surface area contributed by atoms with Crippen LogP contribution in [0.3, 0.4) is 0 Å². The van der Waals surface area contributed by atoms with Gasteiger partial charge < -0.3 is 9.88 Å². The fourth-order valence-electron chi connectivity index (χ4n) is 2.27. The summed E-state index contributed by atoms with van der Waals surface area (Å²) in [7, 11) is 1.86. The summed E-state index contributed by atoms with van der Waals surface area (Å²) >= 11 is 0. The van der Waals surface area contributed by atoms with Gasteiger partial charge in [-0.2, -0.15) is 5.10 Å². The number of nitrogens with one attached hydrogen (secondary N) is 1. The average Bonchev–Trinajstić information content (AvgIpc) is 3.12. The van der Waals surface area contributed by atoms with Crippen LogP contribution in [0.2, 0.25) is 0 Å². The first-order valence-corrected chi connectivity index (χ1v) is 7.00. The number of hydrogen-bond donors (Lipinski definition) is 1. The summed E-state index contributed by atoms with van der Waals surface area (Å²) in [6.07, 6.45) is 3.36. The van der Waals surface area contributed by atoms with Gasteiger partial charge in [-0.15, -0.1) is 0 Å². The standard InChI is InChI=1S/C16H17N5O/c1-12-8-14(20(2)19-12)9-17-16(22)15-10-21(11-18-15)13-6-4-3-5-7-13/h3-8,10-11H,9H2,1-2H3,(H,17,22). The maximum atomic E-state index is 12.2. The molecule has 22 heavy (non-hydrogen) atoms.